The lowest BCUT2D eigenvalue weighted by atomic mass is 10.1. The molecule has 0 aliphatic heterocycles. The summed E-state index contributed by atoms with van der Waals surface area (Å²) in [4.78, 5) is 11.8. The van der Waals surface area contributed by atoms with Crippen molar-refractivity contribution < 1.29 is 9.53 Å². The fraction of sp³-hybridized carbons (Fsp3) is 0.333. The Bertz CT molecular complexity index is 504. The summed E-state index contributed by atoms with van der Waals surface area (Å²) >= 11 is 5.87. The number of methoxy groups -OCH3 is 1. The predicted molar refractivity (Wildman–Crippen MR) is 63.9 cm³/mol. The van der Waals surface area contributed by atoms with Gasteiger partial charge in [-0.1, -0.05) is 11.6 Å². The van der Waals surface area contributed by atoms with Gasteiger partial charge in [-0.3, -0.25) is 4.79 Å². The molecule has 4 nitrogen and oxygen atoms in total. The van der Waals surface area contributed by atoms with E-state index in [4.69, 9.17) is 21.6 Å². The standard InChI is InChI=1S/C12H11ClN2O2/c1-17-10-6-8(2-3-9(10)13)15-11(16)12(7-14)4-5-12/h2-3,6H,4-5H2,1H3,(H,15,16). The number of hydrogen-bond acceptors (Lipinski definition) is 3. The van der Waals surface area contributed by atoms with Crippen LogP contribution in [0.15, 0.2) is 18.2 Å². The van der Waals surface area contributed by atoms with E-state index in [0.29, 0.717) is 29.3 Å². The number of nitrogens with one attached hydrogen (secondary N) is 1. The molecule has 0 aromatic heterocycles. The van der Waals surface area contributed by atoms with Crippen LogP contribution in [0.3, 0.4) is 0 Å². The molecule has 0 spiro atoms. The van der Waals surface area contributed by atoms with Crippen LogP contribution in [0, 0.1) is 16.7 Å². The molecule has 1 saturated carbocycles. The van der Waals surface area contributed by atoms with Crippen molar-refractivity contribution in [2.24, 2.45) is 5.41 Å². The van der Waals surface area contributed by atoms with Gasteiger partial charge in [-0.2, -0.15) is 5.26 Å². The third kappa shape index (κ3) is 2.20. The zero-order chi connectivity index (χ0) is 12.5. The van der Waals surface area contributed by atoms with Crippen molar-refractivity contribution >= 4 is 23.2 Å². The van der Waals surface area contributed by atoms with Crippen molar-refractivity contribution in [3.05, 3.63) is 23.2 Å². The highest BCUT2D eigenvalue weighted by atomic mass is 35.5. The van der Waals surface area contributed by atoms with Gasteiger partial charge in [-0.15, -0.1) is 0 Å². The highest BCUT2D eigenvalue weighted by Gasteiger charge is 2.50. The number of carbonyl (C=O) groups excluding carboxylic acids is 1. The maximum atomic E-state index is 11.8. The number of anilines is 1. The molecule has 0 radical (unpaired) electrons. The Hall–Kier alpha value is -1.73. The lowest BCUT2D eigenvalue weighted by molar-refractivity contribution is -0.119. The van der Waals surface area contributed by atoms with Gasteiger partial charge in [0, 0.05) is 11.8 Å². The van der Waals surface area contributed by atoms with Gasteiger partial charge in [0.05, 0.1) is 18.2 Å². The summed E-state index contributed by atoms with van der Waals surface area (Å²) in [5, 5.41) is 12.1. The van der Waals surface area contributed by atoms with E-state index in [1.165, 1.54) is 7.11 Å². The van der Waals surface area contributed by atoms with E-state index in [0.717, 1.165) is 0 Å². The summed E-state index contributed by atoms with van der Waals surface area (Å²) in [7, 11) is 1.50. The van der Waals surface area contributed by atoms with Crippen LogP contribution in [0.5, 0.6) is 5.75 Å². The third-order valence-electron chi connectivity index (χ3n) is 2.81. The number of rotatable bonds is 3. The summed E-state index contributed by atoms with van der Waals surface area (Å²) in [6, 6.07) is 6.99. The zero-order valence-electron chi connectivity index (χ0n) is 9.29. The maximum Gasteiger partial charge on any atom is 0.244 e. The Balaban J connectivity index is 2.15. The van der Waals surface area contributed by atoms with Gasteiger partial charge in [-0.25, -0.2) is 0 Å². The van der Waals surface area contributed by atoms with Crippen LogP contribution >= 0.6 is 11.6 Å². The smallest absolute Gasteiger partial charge is 0.244 e. The number of amides is 1. The van der Waals surface area contributed by atoms with Crippen molar-refractivity contribution in [1.29, 1.82) is 5.26 Å². The number of halogens is 1. The molecule has 1 N–H and O–H groups in total. The predicted octanol–water partition coefficient (Wildman–Crippen LogP) is 2.59. The first-order valence-electron chi connectivity index (χ1n) is 5.17. The zero-order valence-corrected chi connectivity index (χ0v) is 10.0. The molecule has 0 atom stereocenters. The molecule has 1 aromatic rings. The Morgan fingerprint density at radius 2 is 2.29 bits per heavy atom. The Labute approximate surface area is 104 Å². The fourth-order valence-corrected chi connectivity index (χ4v) is 1.70. The average Bonchev–Trinajstić information content (AvgIpc) is 3.12. The normalized spacial score (nSPS) is 15.8. The molecule has 1 aliphatic rings. The van der Waals surface area contributed by atoms with Gasteiger partial charge in [0.15, 0.2) is 0 Å². The molecular formula is C12H11ClN2O2. The molecule has 5 heteroatoms. The lowest BCUT2D eigenvalue weighted by Crippen LogP contribution is -2.22. The molecule has 0 unspecified atom stereocenters. The first-order chi connectivity index (χ1) is 8.11. The second kappa shape index (κ2) is 4.27. The molecule has 0 bridgehead atoms. The number of carbonyl (C=O) groups is 1. The van der Waals surface area contributed by atoms with Gasteiger partial charge >= 0.3 is 0 Å². The first-order valence-corrected chi connectivity index (χ1v) is 5.55. The summed E-state index contributed by atoms with van der Waals surface area (Å²) in [5.41, 5.74) is -0.245. The second-order valence-electron chi connectivity index (χ2n) is 4.00. The average molecular weight is 251 g/mol. The molecule has 1 fully saturated rings. The molecule has 0 saturated heterocycles. The largest absolute Gasteiger partial charge is 0.495 e. The highest BCUT2D eigenvalue weighted by Crippen LogP contribution is 2.45. The van der Waals surface area contributed by atoms with E-state index < -0.39 is 5.41 Å². The second-order valence-corrected chi connectivity index (χ2v) is 4.40. The van der Waals surface area contributed by atoms with Crippen LogP contribution in [0.25, 0.3) is 0 Å². The minimum Gasteiger partial charge on any atom is -0.495 e. The topological polar surface area (TPSA) is 62.1 Å². The van der Waals surface area contributed by atoms with Gasteiger partial charge < -0.3 is 10.1 Å². The number of nitrogens with zero attached hydrogens (tertiary/aromatic N) is 1. The van der Waals surface area contributed by atoms with Gasteiger partial charge in [0.2, 0.25) is 5.91 Å². The monoisotopic (exact) mass is 250 g/mol. The van der Waals surface area contributed by atoms with Crippen LogP contribution in [0.4, 0.5) is 5.69 Å². The molecule has 1 amide bonds. The SMILES string of the molecule is COc1cc(NC(=O)C2(C#N)CC2)ccc1Cl. The molecule has 1 aliphatic carbocycles. The summed E-state index contributed by atoms with van der Waals surface area (Å²) in [6.07, 6.45) is 1.25. The molecule has 2 rings (SSSR count). The number of nitriles is 1. The number of ether oxygens (including phenoxy) is 1. The van der Waals surface area contributed by atoms with Crippen LogP contribution in [0.2, 0.25) is 5.02 Å². The Morgan fingerprint density at radius 1 is 1.59 bits per heavy atom. The molecule has 17 heavy (non-hydrogen) atoms. The Kier molecular flexibility index (Phi) is 2.95. The van der Waals surface area contributed by atoms with Gasteiger partial charge in [0.25, 0.3) is 0 Å². The van der Waals surface area contributed by atoms with Gasteiger partial charge in [0.1, 0.15) is 11.2 Å². The van der Waals surface area contributed by atoms with E-state index in [2.05, 4.69) is 5.32 Å². The van der Waals surface area contributed by atoms with E-state index in [9.17, 15) is 4.79 Å². The molecule has 0 heterocycles. The van der Waals surface area contributed by atoms with Crippen LogP contribution in [0.1, 0.15) is 12.8 Å². The number of hydrogen-bond donors (Lipinski definition) is 1. The van der Waals surface area contributed by atoms with Crippen LogP contribution in [-0.2, 0) is 4.79 Å². The minimum absolute atomic E-state index is 0.260. The van der Waals surface area contributed by atoms with Crippen molar-refractivity contribution in [2.75, 3.05) is 12.4 Å². The van der Waals surface area contributed by atoms with Crippen molar-refractivity contribution in [2.45, 2.75) is 12.8 Å². The quantitative estimate of drug-likeness (QED) is 0.897. The van der Waals surface area contributed by atoms with Crippen LogP contribution < -0.4 is 10.1 Å². The molecule has 1 aromatic carbocycles. The molecule has 88 valence electrons. The highest BCUT2D eigenvalue weighted by molar-refractivity contribution is 6.32. The first kappa shape index (κ1) is 11.7. The van der Waals surface area contributed by atoms with E-state index in [-0.39, 0.29) is 5.91 Å². The molecular weight excluding hydrogens is 240 g/mol. The fourth-order valence-electron chi connectivity index (χ4n) is 1.50. The van der Waals surface area contributed by atoms with Gasteiger partial charge in [-0.05, 0) is 25.0 Å². The third-order valence-corrected chi connectivity index (χ3v) is 3.12. The van der Waals surface area contributed by atoms with E-state index >= 15 is 0 Å². The lowest BCUT2D eigenvalue weighted by Gasteiger charge is -2.10. The van der Waals surface area contributed by atoms with E-state index in [1.54, 1.807) is 18.2 Å². The number of benzene rings is 1. The van der Waals surface area contributed by atoms with Crippen LogP contribution in [-0.4, -0.2) is 13.0 Å². The van der Waals surface area contributed by atoms with E-state index in [1.807, 2.05) is 6.07 Å². The maximum absolute atomic E-state index is 11.8. The Morgan fingerprint density at radius 3 is 2.82 bits per heavy atom. The van der Waals surface area contributed by atoms with Crippen molar-refractivity contribution in [3.63, 3.8) is 0 Å². The summed E-state index contributed by atoms with van der Waals surface area (Å²) < 4.78 is 5.05. The summed E-state index contributed by atoms with van der Waals surface area (Å²) in [5.74, 6) is 0.232. The van der Waals surface area contributed by atoms with Crippen molar-refractivity contribution in [3.8, 4) is 11.8 Å². The summed E-state index contributed by atoms with van der Waals surface area (Å²) in [6.45, 7) is 0. The van der Waals surface area contributed by atoms with Crippen molar-refractivity contribution in [1.82, 2.24) is 0 Å². The minimum atomic E-state index is -0.827.